The van der Waals surface area contributed by atoms with Gasteiger partial charge in [-0.1, -0.05) is 0 Å². The van der Waals surface area contributed by atoms with Gasteiger partial charge in [0.05, 0.1) is 0 Å². The van der Waals surface area contributed by atoms with Crippen LogP contribution in [-0.4, -0.2) is 30.1 Å². The number of aliphatic hydroxyl groups is 1. The minimum atomic E-state index is -2.34. The van der Waals surface area contributed by atoms with Crippen molar-refractivity contribution in [1.82, 2.24) is 0 Å². The minimum absolute atomic E-state index is 0.283. The van der Waals surface area contributed by atoms with E-state index in [1.54, 1.807) is 9.12 Å². The molecule has 124 valence electrons. The zero-order valence-corrected chi connectivity index (χ0v) is 17.9. The van der Waals surface area contributed by atoms with Crippen molar-refractivity contribution in [3.63, 3.8) is 0 Å². The summed E-state index contributed by atoms with van der Waals surface area (Å²) < 4.78 is 5.96. The van der Waals surface area contributed by atoms with Crippen molar-refractivity contribution in [3.05, 3.63) is 21.3 Å². The van der Waals surface area contributed by atoms with Gasteiger partial charge in [0, 0.05) is 0 Å². The summed E-state index contributed by atoms with van der Waals surface area (Å²) in [7, 11) is 0. The number of unbranched alkanes of at least 4 members (excludes halogenated alkanes) is 3. The van der Waals surface area contributed by atoms with Gasteiger partial charge >= 0.3 is 142 Å². The van der Waals surface area contributed by atoms with Crippen LogP contribution in [-0.2, 0) is 0 Å². The molecule has 0 amide bonds. The van der Waals surface area contributed by atoms with Gasteiger partial charge in [-0.3, -0.25) is 0 Å². The van der Waals surface area contributed by atoms with Gasteiger partial charge in [-0.2, -0.15) is 0 Å². The third kappa shape index (κ3) is 8.66. The first-order valence-corrected chi connectivity index (χ1v) is 16.7. The summed E-state index contributed by atoms with van der Waals surface area (Å²) in [5.74, 6) is 0. The summed E-state index contributed by atoms with van der Waals surface area (Å²) in [6, 6.07) is 0. The van der Waals surface area contributed by atoms with Crippen LogP contribution in [0.25, 0.3) is 0 Å². The summed E-state index contributed by atoms with van der Waals surface area (Å²) >= 11 is 3.41. The second kappa shape index (κ2) is 14.1. The Morgan fingerprint density at radius 3 is 1.76 bits per heavy atom. The number of hydrogen-bond acceptors (Lipinski definition) is 1. The predicted molar refractivity (Wildman–Crippen MR) is 99.7 cm³/mol. The Morgan fingerprint density at radius 1 is 0.952 bits per heavy atom. The number of halogens is 1. The molecule has 0 aromatic heterocycles. The van der Waals surface area contributed by atoms with Crippen LogP contribution in [0.1, 0.15) is 65.7 Å². The van der Waals surface area contributed by atoms with E-state index in [-0.39, 0.29) is 6.61 Å². The summed E-state index contributed by atoms with van der Waals surface area (Å²) in [4.78, 5) is 0. The third-order valence-corrected chi connectivity index (χ3v) is 20.9. The van der Waals surface area contributed by atoms with Crippen LogP contribution < -0.4 is 0 Å². The van der Waals surface area contributed by atoms with E-state index in [2.05, 4.69) is 26.8 Å². The quantitative estimate of drug-likeness (QED) is 0.268. The first-order valence-electron chi connectivity index (χ1n) is 8.78. The zero-order valence-electron chi connectivity index (χ0n) is 14.3. The second-order valence-electron chi connectivity index (χ2n) is 6.07. The number of allylic oxidation sites excluding steroid dienone is 2. The Hall–Kier alpha value is 0.529. The van der Waals surface area contributed by atoms with Crippen molar-refractivity contribution < 1.29 is 5.11 Å². The van der Waals surface area contributed by atoms with Crippen LogP contribution in [0.4, 0.5) is 0 Å². The number of hydrogen-bond donors (Lipinski definition) is 1. The molecule has 0 aliphatic rings. The molecule has 0 heterocycles. The van der Waals surface area contributed by atoms with Crippen LogP contribution in [0, 0.1) is 0 Å². The van der Waals surface area contributed by atoms with Gasteiger partial charge in [-0.05, 0) is 0 Å². The molecular weight excluding hydrogens is 386 g/mol. The average molecular weight is 422 g/mol. The topological polar surface area (TPSA) is 20.2 Å². The maximum absolute atomic E-state index is 9.51. The van der Waals surface area contributed by atoms with E-state index in [0.29, 0.717) is 0 Å². The molecule has 0 fully saturated rings. The summed E-state index contributed by atoms with van der Waals surface area (Å²) in [6.45, 7) is 7.17. The van der Waals surface area contributed by atoms with Crippen molar-refractivity contribution in [2.75, 3.05) is 6.61 Å². The molecular formula is C18H35ClOSn. The molecule has 21 heavy (non-hydrogen) atoms. The van der Waals surface area contributed by atoms with Gasteiger partial charge in [0.25, 0.3) is 0 Å². The van der Waals surface area contributed by atoms with Gasteiger partial charge in [-0.15, -0.1) is 0 Å². The molecule has 0 spiro atoms. The monoisotopic (exact) mass is 422 g/mol. The molecule has 3 heteroatoms. The summed E-state index contributed by atoms with van der Waals surface area (Å²) in [5, 5.41) is 9.51. The Labute approximate surface area is 141 Å². The van der Waals surface area contributed by atoms with Crippen molar-refractivity contribution in [2.45, 2.75) is 79.0 Å². The molecule has 0 aromatic rings. The number of aliphatic hydroxyl groups excluding tert-OH is 1. The predicted octanol–water partition coefficient (Wildman–Crippen LogP) is 6.44. The van der Waals surface area contributed by atoms with E-state index in [1.807, 2.05) is 6.08 Å². The van der Waals surface area contributed by atoms with E-state index in [9.17, 15) is 5.11 Å². The maximum atomic E-state index is 9.51. The summed E-state index contributed by atoms with van der Waals surface area (Å²) in [5.41, 5.74) is 1.60. The fourth-order valence-corrected chi connectivity index (χ4v) is 20.1. The average Bonchev–Trinajstić information content (AvgIpc) is 2.51. The Bertz CT molecular complexity index is 278. The van der Waals surface area contributed by atoms with Gasteiger partial charge in [0.2, 0.25) is 0 Å². The SMILES string of the molecule is CCC[CH2][Sn]([CH2]CCC)([CH2]CCC)/[C](=C\C=C\Cl)CCO. The molecule has 1 nitrogen and oxygen atoms in total. The Morgan fingerprint density at radius 2 is 1.43 bits per heavy atom. The molecule has 0 saturated heterocycles. The molecule has 0 saturated carbocycles. The van der Waals surface area contributed by atoms with Crippen molar-refractivity contribution in [2.24, 2.45) is 0 Å². The molecule has 0 aliphatic heterocycles. The second-order valence-corrected chi connectivity index (χ2v) is 19.7. The van der Waals surface area contributed by atoms with Crippen LogP contribution >= 0.6 is 11.6 Å². The van der Waals surface area contributed by atoms with E-state index in [0.717, 1.165) is 6.42 Å². The molecule has 0 rings (SSSR count). The van der Waals surface area contributed by atoms with Crippen LogP contribution in [0.3, 0.4) is 0 Å². The third-order valence-electron chi connectivity index (χ3n) is 4.46. The number of rotatable bonds is 13. The van der Waals surface area contributed by atoms with E-state index >= 15 is 0 Å². The Balaban J connectivity index is 5.39. The van der Waals surface area contributed by atoms with Gasteiger partial charge in [0.1, 0.15) is 0 Å². The van der Waals surface area contributed by atoms with Gasteiger partial charge in [0.15, 0.2) is 0 Å². The van der Waals surface area contributed by atoms with E-state index < -0.39 is 18.4 Å². The van der Waals surface area contributed by atoms with Crippen LogP contribution in [0.5, 0.6) is 0 Å². The normalized spacial score (nSPS) is 13.3. The molecule has 0 unspecified atom stereocenters. The van der Waals surface area contributed by atoms with Gasteiger partial charge in [-0.25, -0.2) is 0 Å². The van der Waals surface area contributed by atoms with E-state index in [4.69, 9.17) is 11.6 Å². The van der Waals surface area contributed by atoms with E-state index in [1.165, 1.54) is 51.8 Å². The molecule has 0 aromatic carbocycles. The molecule has 0 bridgehead atoms. The van der Waals surface area contributed by atoms with Crippen LogP contribution in [0.2, 0.25) is 13.3 Å². The zero-order chi connectivity index (χ0) is 16.0. The standard InChI is InChI=1S/C6H8ClO.3C4H9.Sn/c7-5-3-1-2-4-6-8;3*1-3-4-2;/h1,3,5,8H,4,6H2;3*1,3-4H2,2H3;/b2-1?,5-3+;;;;. The molecule has 0 radical (unpaired) electrons. The fourth-order valence-electron chi connectivity index (χ4n) is 3.20. The fraction of sp³-hybridized carbons (Fsp3) is 0.778. The van der Waals surface area contributed by atoms with Crippen molar-refractivity contribution in [3.8, 4) is 0 Å². The summed E-state index contributed by atoms with van der Waals surface area (Å²) in [6.07, 6.45) is 13.0. The molecule has 0 aliphatic carbocycles. The van der Waals surface area contributed by atoms with Gasteiger partial charge < -0.3 is 0 Å². The molecule has 0 atom stereocenters. The van der Waals surface area contributed by atoms with Crippen LogP contribution in [0.15, 0.2) is 21.3 Å². The van der Waals surface area contributed by atoms with Crippen molar-refractivity contribution >= 4 is 30.0 Å². The van der Waals surface area contributed by atoms with Crippen molar-refractivity contribution in [1.29, 1.82) is 0 Å². The first kappa shape index (κ1) is 21.5. The Kier molecular flexibility index (Phi) is 14.5. The molecule has 1 N–H and O–H groups in total. The first-order chi connectivity index (χ1) is 10.2.